The lowest BCUT2D eigenvalue weighted by Gasteiger charge is -2.07. The molecule has 2 N–H and O–H groups in total. The van der Waals surface area contributed by atoms with E-state index in [0.717, 1.165) is 13.0 Å². The third kappa shape index (κ3) is 3.17. The quantitative estimate of drug-likeness (QED) is 0.839. The van der Waals surface area contributed by atoms with E-state index in [4.69, 9.17) is 0 Å². The van der Waals surface area contributed by atoms with E-state index in [1.54, 1.807) is 0 Å². The second-order valence-corrected chi connectivity index (χ2v) is 3.90. The molecule has 0 saturated carbocycles. The Morgan fingerprint density at radius 2 is 2.18 bits per heavy atom. The molecule has 1 aromatic heterocycles. The number of nitrogens with one attached hydrogen (secondary N) is 2. The summed E-state index contributed by atoms with van der Waals surface area (Å²) < 4.78 is 0. The van der Waals surface area contributed by atoms with Gasteiger partial charge in [0.2, 0.25) is 0 Å². The number of hydrogen-bond acceptors (Lipinski definition) is 3. The Morgan fingerprint density at radius 1 is 1.35 bits per heavy atom. The SMILES string of the molecule is Cc1ccccc1CCNc1cc(=O)[nH]cn1. The molecule has 1 heterocycles. The van der Waals surface area contributed by atoms with E-state index >= 15 is 0 Å². The minimum atomic E-state index is -0.140. The van der Waals surface area contributed by atoms with Crippen LogP contribution in [0.4, 0.5) is 5.82 Å². The molecule has 0 aliphatic rings. The van der Waals surface area contributed by atoms with Gasteiger partial charge in [-0.1, -0.05) is 24.3 Å². The second-order valence-electron chi connectivity index (χ2n) is 3.90. The van der Waals surface area contributed by atoms with Gasteiger partial charge in [-0.3, -0.25) is 4.79 Å². The number of aromatic nitrogens is 2. The fraction of sp³-hybridized carbons (Fsp3) is 0.231. The highest BCUT2D eigenvalue weighted by atomic mass is 16.1. The Bertz CT molecular complexity index is 548. The molecule has 0 aliphatic heterocycles. The van der Waals surface area contributed by atoms with Crippen LogP contribution >= 0.6 is 0 Å². The number of rotatable bonds is 4. The van der Waals surface area contributed by atoms with Crippen LogP contribution in [0.15, 0.2) is 41.5 Å². The van der Waals surface area contributed by atoms with Gasteiger partial charge in [-0.05, 0) is 24.5 Å². The van der Waals surface area contributed by atoms with Crippen LogP contribution in [0.5, 0.6) is 0 Å². The number of aromatic amines is 1. The Hall–Kier alpha value is -2.10. The predicted molar refractivity (Wildman–Crippen MR) is 68.2 cm³/mol. The first-order valence-corrected chi connectivity index (χ1v) is 5.59. The largest absolute Gasteiger partial charge is 0.370 e. The Morgan fingerprint density at radius 3 is 2.94 bits per heavy atom. The second kappa shape index (κ2) is 5.30. The first-order chi connectivity index (χ1) is 8.25. The summed E-state index contributed by atoms with van der Waals surface area (Å²) in [5.41, 5.74) is 2.46. The molecule has 0 bridgehead atoms. The van der Waals surface area contributed by atoms with E-state index in [-0.39, 0.29) is 5.56 Å². The standard InChI is InChI=1S/C13H15N3O/c1-10-4-2-3-5-11(10)6-7-14-12-8-13(17)16-9-15-12/h2-5,8-9H,6-7H2,1H3,(H2,14,15,16,17). The van der Waals surface area contributed by atoms with Crippen LogP contribution < -0.4 is 10.9 Å². The van der Waals surface area contributed by atoms with E-state index in [2.05, 4.69) is 34.3 Å². The smallest absolute Gasteiger partial charge is 0.252 e. The van der Waals surface area contributed by atoms with E-state index in [0.29, 0.717) is 5.82 Å². The zero-order chi connectivity index (χ0) is 12.1. The number of aryl methyl sites for hydroxylation is 1. The van der Waals surface area contributed by atoms with Crippen molar-refractivity contribution in [1.82, 2.24) is 9.97 Å². The molecular weight excluding hydrogens is 214 g/mol. The van der Waals surface area contributed by atoms with Gasteiger partial charge in [0, 0.05) is 12.6 Å². The lowest BCUT2D eigenvalue weighted by atomic mass is 10.1. The summed E-state index contributed by atoms with van der Waals surface area (Å²) in [6, 6.07) is 9.74. The van der Waals surface area contributed by atoms with Crippen LogP contribution in [0.25, 0.3) is 0 Å². The van der Waals surface area contributed by atoms with Crippen LogP contribution in [-0.2, 0) is 6.42 Å². The lowest BCUT2D eigenvalue weighted by Crippen LogP contribution is -2.11. The van der Waals surface area contributed by atoms with Crippen molar-refractivity contribution < 1.29 is 0 Å². The van der Waals surface area contributed by atoms with E-state index in [1.165, 1.54) is 23.5 Å². The summed E-state index contributed by atoms with van der Waals surface area (Å²) in [4.78, 5) is 17.6. The highest BCUT2D eigenvalue weighted by Crippen LogP contribution is 2.07. The molecule has 0 unspecified atom stereocenters. The van der Waals surface area contributed by atoms with Crippen molar-refractivity contribution in [3.05, 3.63) is 58.1 Å². The Kier molecular flexibility index (Phi) is 3.55. The van der Waals surface area contributed by atoms with Crippen molar-refractivity contribution in [3.63, 3.8) is 0 Å². The fourth-order valence-corrected chi connectivity index (χ4v) is 1.68. The van der Waals surface area contributed by atoms with Crippen molar-refractivity contribution in [2.24, 2.45) is 0 Å². The summed E-state index contributed by atoms with van der Waals surface area (Å²) in [5, 5.41) is 3.13. The maximum Gasteiger partial charge on any atom is 0.252 e. The molecule has 2 rings (SSSR count). The van der Waals surface area contributed by atoms with E-state index in [1.807, 2.05) is 12.1 Å². The minimum absolute atomic E-state index is 0.140. The van der Waals surface area contributed by atoms with Gasteiger partial charge in [0.25, 0.3) is 5.56 Å². The molecule has 0 amide bonds. The lowest BCUT2D eigenvalue weighted by molar-refractivity contribution is 0.983. The normalized spacial score (nSPS) is 10.2. The van der Waals surface area contributed by atoms with Gasteiger partial charge in [-0.2, -0.15) is 0 Å². The zero-order valence-electron chi connectivity index (χ0n) is 9.73. The maximum atomic E-state index is 11.0. The zero-order valence-corrected chi connectivity index (χ0v) is 9.73. The van der Waals surface area contributed by atoms with Crippen LogP contribution in [-0.4, -0.2) is 16.5 Å². The summed E-state index contributed by atoms with van der Waals surface area (Å²) >= 11 is 0. The molecule has 0 atom stereocenters. The van der Waals surface area contributed by atoms with Crippen LogP contribution in [0.2, 0.25) is 0 Å². The summed E-state index contributed by atoms with van der Waals surface area (Å²) in [7, 11) is 0. The van der Waals surface area contributed by atoms with Crippen LogP contribution in [0.3, 0.4) is 0 Å². The van der Waals surface area contributed by atoms with Gasteiger partial charge in [-0.25, -0.2) is 4.98 Å². The Balaban J connectivity index is 1.92. The first kappa shape index (κ1) is 11.4. The van der Waals surface area contributed by atoms with Crippen molar-refractivity contribution in [2.75, 3.05) is 11.9 Å². The van der Waals surface area contributed by atoms with Gasteiger partial charge in [0.1, 0.15) is 5.82 Å². The number of hydrogen-bond donors (Lipinski definition) is 2. The van der Waals surface area contributed by atoms with Gasteiger partial charge in [0.15, 0.2) is 0 Å². The minimum Gasteiger partial charge on any atom is -0.370 e. The first-order valence-electron chi connectivity index (χ1n) is 5.59. The predicted octanol–water partition coefficient (Wildman–Crippen LogP) is 1.73. The number of benzene rings is 1. The molecule has 2 aromatic rings. The van der Waals surface area contributed by atoms with E-state index < -0.39 is 0 Å². The molecule has 0 spiro atoms. The average molecular weight is 229 g/mol. The van der Waals surface area contributed by atoms with Crippen molar-refractivity contribution in [1.29, 1.82) is 0 Å². The topological polar surface area (TPSA) is 57.8 Å². The van der Waals surface area contributed by atoms with Crippen molar-refractivity contribution >= 4 is 5.82 Å². The fourth-order valence-electron chi connectivity index (χ4n) is 1.68. The number of anilines is 1. The molecule has 1 aromatic carbocycles. The summed E-state index contributed by atoms with van der Waals surface area (Å²) in [6.07, 6.45) is 2.32. The molecule has 4 nitrogen and oxygen atoms in total. The van der Waals surface area contributed by atoms with Gasteiger partial charge in [0.05, 0.1) is 6.33 Å². The Labute approximate surface area is 99.7 Å². The average Bonchev–Trinajstić information content (AvgIpc) is 2.32. The molecule has 17 heavy (non-hydrogen) atoms. The van der Waals surface area contributed by atoms with Crippen LogP contribution in [0.1, 0.15) is 11.1 Å². The molecule has 4 heteroatoms. The number of nitrogens with zero attached hydrogens (tertiary/aromatic N) is 1. The monoisotopic (exact) mass is 229 g/mol. The van der Waals surface area contributed by atoms with Crippen molar-refractivity contribution in [3.8, 4) is 0 Å². The third-order valence-corrected chi connectivity index (χ3v) is 2.64. The summed E-state index contributed by atoms with van der Waals surface area (Å²) in [6.45, 7) is 2.86. The third-order valence-electron chi connectivity index (χ3n) is 2.64. The van der Waals surface area contributed by atoms with Crippen molar-refractivity contribution in [2.45, 2.75) is 13.3 Å². The van der Waals surface area contributed by atoms with Gasteiger partial charge >= 0.3 is 0 Å². The molecule has 0 fully saturated rings. The molecule has 0 saturated heterocycles. The number of H-pyrrole nitrogens is 1. The molecular formula is C13H15N3O. The molecule has 0 radical (unpaired) electrons. The molecule has 0 aliphatic carbocycles. The summed E-state index contributed by atoms with van der Waals surface area (Å²) in [5.74, 6) is 0.613. The highest BCUT2D eigenvalue weighted by molar-refractivity contribution is 5.33. The van der Waals surface area contributed by atoms with E-state index in [9.17, 15) is 4.79 Å². The highest BCUT2D eigenvalue weighted by Gasteiger charge is 1.98. The van der Waals surface area contributed by atoms with Gasteiger partial charge < -0.3 is 10.3 Å². The van der Waals surface area contributed by atoms with Gasteiger partial charge in [-0.15, -0.1) is 0 Å². The van der Waals surface area contributed by atoms with Crippen LogP contribution in [0, 0.1) is 6.92 Å². The molecule has 88 valence electrons. The maximum absolute atomic E-state index is 11.0.